The quantitative estimate of drug-likeness (QED) is 0.698. The van der Waals surface area contributed by atoms with Gasteiger partial charge < -0.3 is 15.8 Å². The first-order valence-corrected chi connectivity index (χ1v) is 11.1. The number of amides is 1. The number of alkyl halides is 2. The van der Waals surface area contributed by atoms with Crippen LogP contribution in [-0.2, 0) is 10.3 Å². The molecule has 0 spiro atoms. The van der Waals surface area contributed by atoms with Gasteiger partial charge in [-0.3, -0.25) is 4.79 Å². The lowest BCUT2D eigenvalue weighted by atomic mass is 9.74. The standard InChI is InChI=1S/C22H20F3N5O2S/c1-21(24,25)18-6-13-10-33-20(27)30-22(13,11-32-18)15-7-14(3-4-16(15)23)29-19(31)17-5-2-12(8-26)9-28-17/h2-5,7,9,13,18H,6,10-11H2,1H3,(H2,27,30)(H,29,31)/t13-,18+,22-/m0/s1. The Bertz CT molecular complexity index is 1150. The monoisotopic (exact) mass is 475 g/mol. The molecule has 0 aliphatic carbocycles. The van der Waals surface area contributed by atoms with Gasteiger partial charge in [-0.1, -0.05) is 11.8 Å². The Morgan fingerprint density at radius 1 is 1.39 bits per heavy atom. The predicted molar refractivity (Wildman–Crippen MR) is 118 cm³/mol. The number of hydrogen-bond donors (Lipinski definition) is 2. The SMILES string of the molecule is CC(F)(F)[C@H]1C[C@H]2CSC(N)=N[C@@]2(c2cc(NC(=O)c3ccc(C#N)cn3)ccc2F)CO1. The van der Waals surface area contributed by atoms with Gasteiger partial charge in [-0.05, 0) is 36.8 Å². The Hall–Kier alpha value is -3.10. The molecule has 3 heterocycles. The van der Waals surface area contributed by atoms with E-state index in [0.717, 1.165) is 6.92 Å². The number of ether oxygens (including phenoxy) is 1. The first-order valence-electron chi connectivity index (χ1n) is 10.1. The summed E-state index contributed by atoms with van der Waals surface area (Å²) < 4.78 is 48.4. The zero-order chi connectivity index (χ0) is 23.8. The molecule has 172 valence electrons. The maximum Gasteiger partial charge on any atom is 0.274 e. The Kier molecular flexibility index (Phi) is 6.07. The van der Waals surface area contributed by atoms with Crippen LogP contribution in [0.4, 0.5) is 18.9 Å². The van der Waals surface area contributed by atoms with E-state index in [1.807, 2.05) is 6.07 Å². The minimum atomic E-state index is -3.05. The fourth-order valence-electron chi connectivity index (χ4n) is 4.05. The molecule has 7 nitrogen and oxygen atoms in total. The number of thioether (sulfide) groups is 1. The van der Waals surface area contributed by atoms with E-state index < -0.39 is 35.2 Å². The van der Waals surface area contributed by atoms with E-state index in [4.69, 9.17) is 15.7 Å². The summed E-state index contributed by atoms with van der Waals surface area (Å²) >= 11 is 1.23. The summed E-state index contributed by atoms with van der Waals surface area (Å²) in [5.74, 6) is -4.27. The summed E-state index contributed by atoms with van der Waals surface area (Å²) in [5.41, 5.74) is 5.41. The number of nitrogens with zero attached hydrogens (tertiary/aromatic N) is 3. The fourth-order valence-corrected chi connectivity index (χ4v) is 5.06. The number of nitrogens with one attached hydrogen (secondary N) is 1. The van der Waals surface area contributed by atoms with Gasteiger partial charge in [-0.2, -0.15) is 5.26 Å². The first kappa shape index (κ1) is 23.1. The lowest BCUT2D eigenvalue weighted by Crippen LogP contribution is -2.53. The summed E-state index contributed by atoms with van der Waals surface area (Å²) in [5, 5.41) is 11.7. The number of aromatic nitrogens is 1. The van der Waals surface area contributed by atoms with Crippen molar-refractivity contribution < 1.29 is 22.7 Å². The van der Waals surface area contributed by atoms with Crippen molar-refractivity contribution in [3.63, 3.8) is 0 Å². The number of nitrogens with two attached hydrogens (primary N) is 1. The largest absolute Gasteiger partial charge is 0.379 e. The van der Waals surface area contributed by atoms with Gasteiger partial charge in [-0.15, -0.1) is 0 Å². The first-order chi connectivity index (χ1) is 15.6. The van der Waals surface area contributed by atoms with Crippen LogP contribution in [0.2, 0.25) is 0 Å². The van der Waals surface area contributed by atoms with Crippen LogP contribution >= 0.6 is 11.8 Å². The molecule has 2 aliphatic heterocycles. The Morgan fingerprint density at radius 3 is 2.85 bits per heavy atom. The van der Waals surface area contributed by atoms with Crippen LogP contribution < -0.4 is 11.1 Å². The van der Waals surface area contributed by atoms with Crippen molar-refractivity contribution in [1.29, 1.82) is 5.26 Å². The summed E-state index contributed by atoms with van der Waals surface area (Å²) in [6, 6.07) is 8.75. The highest BCUT2D eigenvalue weighted by Gasteiger charge is 2.53. The average molecular weight is 475 g/mol. The number of fused-ring (bicyclic) bond motifs is 1. The van der Waals surface area contributed by atoms with E-state index >= 15 is 4.39 Å². The lowest BCUT2D eigenvalue weighted by molar-refractivity contribution is -0.170. The number of carbonyl (C=O) groups excluding carboxylic acids is 1. The van der Waals surface area contributed by atoms with Crippen LogP contribution in [0.3, 0.4) is 0 Å². The number of pyridine rings is 1. The van der Waals surface area contributed by atoms with Crippen molar-refractivity contribution in [3.8, 4) is 6.07 Å². The molecule has 4 rings (SSSR count). The van der Waals surface area contributed by atoms with Gasteiger partial charge in [0.1, 0.15) is 29.2 Å². The van der Waals surface area contributed by atoms with E-state index in [-0.39, 0.29) is 35.1 Å². The normalized spacial score (nSPS) is 24.9. The maximum atomic E-state index is 15.0. The van der Waals surface area contributed by atoms with E-state index in [1.165, 1.54) is 48.3 Å². The Morgan fingerprint density at radius 2 is 2.18 bits per heavy atom. The molecule has 11 heteroatoms. The Balaban J connectivity index is 1.66. The smallest absolute Gasteiger partial charge is 0.274 e. The molecule has 1 aromatic carbocycles. The molecular weight excluding hydrogens is 455 g/mol. The van der Waals surface area contributed by atoms with E-state index in [0.29, 0.717) is 11.3 Å². The number of nitriles is 1. The molecule has 2 aliphatic rings. The molecule has 3 atom stereocenters. The van der Waals surface area contributed by atoms with Crippen molar-refractivity contribution in [1.82, 2.24) is 4.98 Å². The van der Waals surface area contributed by atoms with Gasteiger partial charge in [0.15, 0.2) is 5.17 Å². The summed E-state index contributed by atoms with van der Waals surface area (Å²) in [6.45, 7) is 0.532. The van der Waals surface area contributed by atoms with Crippen molar-refractivity contribution in [2.24, 2.45) is 16.6 Å². The molecule has 0 radical (unpaired) electrons. The third-order valence-corrected chi connectivity index (χ3v) is 6.76. The van der Waals surface area contributed by atoms with Crippen molar-refractivity contribution in [3.05, 3.63) is 59.2 Å². The number of amidine groups is 1. The van der Waals surface area contributed by atoms with Crippen LogP contribution in [0.1, 0.15) is 35.0 Å². The van der Waals surface area contributed by atoms with Gasteiger partial charge in [0, 0.05) is 36.0 Å². The number of halogens is 3. The van der Waals surface area contributed by atoms with Crippen LogP contribution in [0.25, 0.3) is 0 Å². The summed E-state index contributed by atoms with van der Waals surface area (Å²) in [6.07, 6.45) is -0.0529. The van der Waals surface area contributed by atoms with E-state index in [9.17, 15) is 13.6 Å². The van der Waals surface area contributed by atoms with Gasteiger partial charge in [0.05, 0.1) is 12.2 Å². The summed E-state index contributed by atoms with van der Waals surface area (Å²) in [4.78, 5) is 21.0. The van der Waals surface area contributed by atoms with Gasteiger partial charge >= 0.3 is 0 Å². The highest BCUT2D eigenvalue weighted by Crippen LogP contribution is 2.49. The molecule has 0 bridgehead atoms. The zero-order valence-corrected chi connectivity index (χ0v) is 18.3. The van der Waals surface area contributed by atoms with E-state index in [2.05, 4.69) is 15.3 Å². The molecule has 1 saturated heterocycles. The number of hydrogen-bond acceptors (Lipinski definition) is 7. The second kappa shape index (κ2) is 8.68. The third kappa shape index (κ3) is 4.54. The predicted octanol–water partition coefficient (Wildman–Crippen LogP) is 3.66. The Labute approximate surface area is 192 Å². The number of rotatable bonds is 4. The fraction of sp³-hybridized carbons (Fsp3) is 0.364. The lowest BCUT2D eigenvalue weighted by Gasteiger charge is -2.47. The van der Waals surface area contributed by atoms with Crippen LogP contribution in [0, 0.1) is 23.1 Å². The van der Waals surface area contributed by atoms with Gasteiger partial charge in [0.2, 0.25) is 0 Å². The molecule has 33 heavy (non-hydrogen) atoms. The number of aliphatic imine (C=N–C) groups is 1. The number of benzene rings is 1. The molecule has 2 aromatic rings. The minimum Gasteiger partial charge on any atom is -0.379 e. The second-order valence-electron chi connectivity index (χ2n) is 8.07. The molecule has 1 fully saturated rings. The average Bonchev–Trinajstić information content (AvgIpc) is 2.79. The highest BCUT2D eigenvalue weighted by molar-refractivity contribution is 8.13. The number of anilines is 1. The maximum absolute atomic E-state index is 15.0. The van der Waals surface area contributed by atoms with Crippen LogP contribution in [-0.4, -0.2) is 40.4 Å². The third-order valence-electron chi connectivity index (χ3n) is 5.80. The minimum absolute atomic E-state index is 0.0154. The van der Waals surface area contributed by atoms with Crippen molar-refractivity contribution in [2.45, 2.75) is 30.9 Å². The zero-order valence-electron chi connectivity index (χ0n) is 17.5. The topological polar surface area (TPSA) is 113 Å². The molecule has 3 N–H and O–H groups in total. The van der Waals surface area contributed by atoms with Crippen LogP contribution in [0.15, 0.2) is 41.5 Å². The molecule has 1 amide bonds. The van der Waals surface area contributed by atoms with Gasteiger partial charge in [0.25, 0.3) is 11.8 Å². The molecule has 0 unspecified atom stereocenters. The second-order valence-corrected chi connectivity index (χ2v) is 9.11. The highest BCUT2D eigenvalue weighted by atomic mass is 32.2. The number of carbonyl (C=O) groups is 1. The van der Waals surface area contributed by atoms with E-state index in [1.54, 1.807) is 0 Å². The molecule has 1 aromatic heterocycles. The van der Waals surface area contributed by atoms with Gasteiger partial charge in [-0.25, -0.2) is 23.1 Å². The van der Waals surface area contributed by atoms with Crippen molar-refractivity contribution >= 4 is 28.5 Å². The molecule has 0 saturated carbocycles. The summed E-state index contributed by atoms with van der Waals surface area (Å²) in [7, 11) is 0. The molecular formula is C22H20F3N5O2S. The van der Waals surface area contributed by atoms with Crippen LogP contribution in [0.5, 0.6) is 0 Å². The van der Waals surface area contributed by atoms with Crippen molar-refractivity contribution in [2.75, 3.05) is 17.7 Å².